The van der Waals surface area contributed by atoms with Gasteiger partial charge >= 0.3 is 0 Å². The van der Waals surface area contributed by atoms with Gasteiger partial charge < -0.3 is 15.8 Å². The molecule has 3 N–H and O–H groups in total. The van der Waals surface area contributed by atoms with Crippen LogP contribution in [0.4, 0.5) is 5.69 Å². The van der Waals surface area contributed by atoms with Crippen LogP contribution in [0.3, 0.4) is 0 Å². The Morgan fingerprint density at radius 1 is 1.53 bits per heavy atom. The minimum Gasteiger partial charge on any atom is -0.398 e. The molecule has 0 spiro atoms. The van der Waals surface area contributed by atoms with Gasteiger partial charge in [0.05, 0.1) is 16.8 Å². The van der Waals surface area contributed by atoms with Gasteiger partial charge in [-0.1, -0.05) is 17.7 Å². The van der Waals surface area contributed by atoms with Crippen molar-refractivity contribution in [3.63, 3.8) is 0 Å². The summed E-state index contributed by atoms with van der Waals surface area (Å²) in [4.78, 5) is 0. The van der Waals surface area contributed by atoms with E-state index in [1.165, 1.54) is 0 Å². The van der Waals surface area contributed by atoms with Gasteiger partial charge in [-0.15, -0.1) is 0 Å². The summed E-state index contributed by atoms with van der Waals surface area (Å²) in [6.45, 7) is 4.84. The van der Waals surface area contributed by atoms with Crippen molar-refractivity contribution < 1.29 is 4.74 Å². The molecule has 0 aliphatic carbocycles. The molecule has 1 heterocycles. The van der Waals surface area contributed by atoms with E-state index < -0.39 is 0 Å². The van der Waals surface area contributed by atoms with Crippen LogP contribution < -0.4 is 11.1 Å². The largest absolute Gasteiger partial charge is 0.398 e. The second-order valence-corrected chi connectivity index (χ2v) is 5.02. The third kappa shape index (κ3) is 3.35. The summed E-state index contributed by atoms with van der Waals surface area (Å²) in [6, 6.07) is 5.77. The zero-order valence-corrected chi connectivity index (χ0v) is 10.8. The maximum atomic E-state index is 5.97. The van der Waals surface area contributed by atoms with E-state index in [1.54, 1.807) is 0 Å². The maximum Gasteiger partial charge on any atom is 0.0638 e. The molecule has 4 heteroatoms. The van der Waals surface area contributed by atoms with Crippen molar-refractivity contribution >= 4 is 17.3 Å². The zero-order valence-electron chi connectivity index (χ0n) is 10.1. The average molecular weight is 255 g/mol. The van der Waals surface area contributed by atoms with Crippen molar-refractivity contribution in [1.29, 1.82) is 0 Å². The molecule has 1 aromatic rings. The lowest BCUT2D eigenvalue weighted by molar-refractivity contribution is 0.105. The first-order valence-electron chi connectivity index (χ1n) is 6.03. The Morgan fingerprint density at radius 3 is 3.00 bits per heavy atom. The smallest absolute Gasteiger partial charge is 0.0638 e. The van der Waals surface area contributed by atoms with Gasteiger partial charge in [0.15, 0.2) is 0 Å². The summed E-state index contributed by atoms with van der Waals surface area (Å²) < 4.78 is 5.53. The van der Waals surface area contributed by atoms with Crippen LogP contribution in [-0.4, -0.2) is 19.3 Å². The Hall–Kier alpha value is -0.770. The quantitative estimate of drug-likeness (QED) is 0.812. The van der Waals surface area contributed by atoms with Crippen molar-refractivity contribution in [3.8, 4) is 0 Å². The lowest BCUT2D eigenvalue weighted by Gasteiger charge is -2.14. The zero-order chi connectivity index (χ0) is 12.3. The summed E-state index contributed by atoms with van der Waals surface area (Å²) in [6.07, 6.45) is 1.52. The fraction of sp³-hybridized carbons (Fsp3) is 0.538. The fourth-order valence-corrected chi connectivity index (χ4v) is 2.33. The highest BCUT2D eigenvalue weighted by Gasteiger charge is 2.23. The Bertz CT molecular complexity index is 384. The van der Waals surface area contributed by atoms with Crippen molar-refractivity contribution in [2.75, 3.05) is 18.9 Å². The standard InChI is InChI=1S/C13H19ClN2O/c1-9-11(4-5-17-9)8-16-7-10-2-3-13(15)12(14)6-10/h2-3,6,9,11,16H,4-5,7-8,15H2,1H3. The van der Waals surface area contributed by atoms with Crippen molar-refractivity contribution in [1.82, 2.24) is 5.32 Å². The van der Waals surface area contributed by atoms with Gasteiger partial charge in [0, 0.05) is 19.7 Å². The number of nitrogens with two attached hydrogens (primary N) is 1. The van der Waals surface area contributed by atoms with E-state index in [1.807, 2.05) is 18.2 Å². The van der Waals surface area contributed by atoms with Crippen LogP contribution in [0.1, 0.15) is 18.9 Å². The van der Waals surface area contributed by atoms with E-state index in [2.05, 4.69) is 12.2 Å². The molecule has 1 saturated heterocycles. The number of rotatable bonds is 4. The predicted molar refractivity (Wildman–Crippen MR) is 71.1 cm³/mol. The third-order valence-corrected chi connectivity index (χ3v) is 3.66. The van der Waals surface area contributed by atoms with Crippen LogP contribution in [0.2, 0.25) is 5.02 Å². The monoisotopic (exact) mass is 254 g/mol. The molecule has 0 aromatic heterocycles. The van der Waals surface area contributed by atoms with Gasteiger partial charge in [-0.25, -0.2) is 0 Å². The Kier molecular flexibility index (Phi) is 4.26. The SMILES string of the molecule is CC1OCCC1CNCc1ccc(N)c(Cl)c1. The molecule has 94 valence electrons. The van der Waals surface area contributed by atoms with E-state index in [0.717, 1.165) is 31.7 Å². The molecule has 17 heavy (non-hydrogen) atoms. The Balaban J connectivity index is 1.79. The molecule has 0 bridgehead atoms. The molecule has 2 rings (SSSR count). The molecule has 1 aromatic carbocycles. The number of halogens is 1. The Labute approximate surface area is 107 Å². The van der Waals surface area contributed by atoms with Crippen LogP contribution in [0.25, 0.3) is 0 Å². The van der Waals surface area contributed by atoms with Crippen LogP contribution >= 0.6 is 11.6 Å². The average Bonchev–Trinajstić information content (AvgIpc) is 2.70. The minimum atomic E-state index is 0.373. The number of hydrogen-bond acceptors (Lipinski definition) is 3. The number of anilines is 1. The molecular formula is C13H19ClN2O. The highest BCUT2D eigenvalue weighted by atomic mass is 35.5. The molecule has 0 amide bonds. The van der Waals surface area contributed by atoms with Gasteiger partial charge in [0.1, 0.15) is 0 Å². The van der Waals surface area contributed by atoms with Gasteiger partial charge in [0.2, 0.25) is 0 Å². The molecule has 1 fully saturated rings. The molecule has 2 unspecified atom stereocenters. The van der Waals surface area contributed by atoms with Crippen molar-refractivity contribution in [2.45, 2.75) is 26.0 Å². The normalized spacial score (nSPS) is 24.1. The first kappa shape index (κ1) is 12.7. The number of benzene rings is 1. The van der Waals surface area contributed by atoms with Crippen molar-refractivity contribution in [2.24, 2.45) is 5.92 Å². The van der Waals surface area contributed by atoms with E-state index in [9.17, 15) is 0 Å². The first-order valence-corrected chi connectivity index (χ1v) is 6.41. The number of nitrogens with one attached hydrogen (secondary N) is 1. The summed E-state index contributed by atoms with van der Waals surface area (Å²) in [5, 5.41) is 4.07. The summed E-state index contributed by atoms with van der Waals surface area (Å²) in [7, 11) is 0. The van der Waals surface area contributed by atoms with Crippen LogP contribution in [0.5, 0.6) is 0 Å². The van der Waals surface area contributed by atoms with Crippen LogP contribution in [0, 0.1) is 5.92 Å². The second-order valence-electron chi connectivity index (χ2n) is 4.61. The van der Waals surface area contributed by atoms with E-state index >= 15 is 0 Å². The summed E-state index contributed by atoms with van der Waals surface area (Å²) >= 11 is 5.97. The van der Waals surface area contributed by atoms with Gasteiger partial charge in [0.25, 0.3) is 0 Å². The predicted octanol–water partition coefficient (Wildman–Crippen LogP) is 2.44. The van der Waals surface area contributed by atoms with Crippen molar-refractivity contribution in [3.05, 3.63) is 28.8 Å². The van der Waals surface area contributed by atoms with Gasteiger partial charge in [-0.05, 0) is 37.0 Å². The molecule has 1 aliphatic rings. The highest BCUT2D eigenvalue weighted by Crippen LogP contribution is 2.21. The highest BCUT2D eigenvalue weighted by molar-refractivity contribution is 6.33. The van der Waals surface area contributed by atoms with Crippen LogP contribution in [0.15, 0.2) is 18.2 Å². The number of nitrogen functional groups attached to an aromatic ring is 1. The molecular weight excluding hydrogens is 236 g/mol. The second kappa shape index (κ2) is 5.71. The van der Waals surface area contributed by atoms with Crippen LogP contribution in [-0.2, 0) is 11.3 Å². The lowest BCUT2D eigenvalue weighted by Crippen LogP contribution is -2.26. The maximum absolute atomic E-state index is 5.97. The molecule has 0 saturated carbocycles. The van der Waals surface area contributed by atoms with E-state index in [-0.39, 0.29) is 0 Å². The molecule has 2 atom stereocenters. The minimum absolute atomic E-state index is 0.373. The third-order valence-electron chi connectivity index (χ3n) is 3.33. The molecule has 3 nitrogen and oxygen atoms in total. The summed E-state index contributed by atoms with van der Waals surface area (Å²) in [5.41, 5.74) is 7.46. The Morgan fingerprint density at radius 2 is 2.35 bits per heavy atom. The number of hydrogen-bond donors (Lipinski definition) is 2. The molecule has 1 aliphatic heterocycles. The van der Waals surface area contributed by atoms with E-state index in [0.29, 0.717) is 22.7 Å². The lowest BCUT2D eigenvalue weighted by atomic mass is 10.0. The number of ether oxygens (including phenoxy) is 1. The van der Waals surface area contributed by atoms with E-state index in [4.69, 9.17) is 22.1 Å². The molecule has 0 radical (unpaired) electrons. The first-order chi connectivity index (χ1) is 8.16. The summed E-state index contributed by atoms with van der Waals surface area (Å²) in [5.74, 6) is 0.624. The van der Waals surface area contributed by atoms with Gasteiger partial charge in [-0.2, -0.15) is 0 Å². The van der Waals surface area contributed by atoms with Gasteiger partial charge in [-0.3, -0.25) is 0 Å². The fourth-order valence-electron chi connectivity index (χ4n) is 2.13. The topological polar surface area (TPSA) is 47.3 Å².